The smallest absolute Gasteiger partial charge is 0.0561 e. The molecule has 0 bridgehead atoms. The molecule has 18 heavy (non-hydrogen) atoms. The normalized spacial score (nSPS) is 23.2. The van der Waals surface area contributed by atoms with Crippen LogP contribution in [-0.4, -0.2) is 13.1 Å². The summed E-state index contributed by atoms with van der Waals surface area (Å²) in [4.78, 5) is 0. The van der Waals surface area contributed by atoms with Gasteiger partial charge < -0.3 is 11.1 Å². The van der Waals surface area contributed by atoms with Crippen LogP contribution in [0.3, 0.4) is 0 Å². The summed E-state index contributed by atoms with van der Waals surface area (Å²) in [6, 6.07) is 8.74. The largest absolute Gasteiger partial charge is 0.328 e. The number of allylic oxidation sites excluding steroid dienone is 1. The van der Waals surface area contributed by atoms with Gasteiger partial charge in [0.05, 0.1) is 5.54 Å². The fraction of sp³-hybridized carbons (Fsp3) is 0.500. The van der Waals surface area contributed by atoms with E-state index in [0.29, 0.717) is 6.54 Å². The number of aryl methyl sites for hydroxylation is 1. The summed E-state index contributed by atoms with van der Waals surface area (Å²) in [5, 5.41) is 3.70. The van der Waals surface area contributed by atoms with Crippen molar-refractivity contribution in [1.82, 2.24) is 5.32 Å². The Morgan fingerprint density at radius 1 is 1.39 bits per heavy atom. The van der Waals surface area contributed by atoms with E-state index in [1.807, 2.05) is 0 Å². The third-order valence-corrected chi connectivity index (χ3v) is 3.94. The Labute approximate surface area is 110 Å². The van der Waals surface area contributed by atoms with Crippen molar-refractivity contribution in [3.63, 3.8) is 0 Å². The Morgan fingerprint density at radius 2 is 2.22 bits per heavy atom. The Bertz CT molecular complexity index is 411. The Morgan fingerprint density at radius 3 is 3.00 bits per heavy atom. The molecule has 0 radical (unpaired) electrons. The molecule has 0 aromatic heterocycles. The van der Waals surface area contributed by atoms with Gasteiger partial charge in [-0.2, -0.15) is 0 Å². The van der Waals surface area contributed by atoms with Crippen molar-refractivity contribution in [3.8, 4) is 0 Å². The van der Waals surface area contributed by atoms with E-state index in [9.17, 15) is 0 Å². The number of hydrogen-bond donors (Lipinski definition) is 2. The van der Waals surface area contributed by atoms with Crippen molar-refractivity contribution in [2.45, 2.75) is 38.1 Å². The third kappa shape index (κ3) is 2.65. The fourth-order valence-electron chi connectivity index (χ4n) is 2.95. The molecule has 0 spiro atoms. The molecule has 98 valence electrons. The minimum atomic E-state index is -0.00355. The zero-order valence-corrected chi connectivity index (χ0v) is 11.3. The highest BCUT2D eigenvalue weighted by Gasteiger charge is 2.34. The van der Waals surface area contributed by atoms with E-state index in [4.69, 9.17) is 5.73 Å². The molecule has 1 aromatic rings. The topological polar surface area (TPSA) is 38.0 Å². The van der Waals surface area contributed by atoms with Gasteiger partial charge in [0, 0.05) is 6.54 Å². The molecule has 2 rings (SSSR count). The average molecular weight is 244 g/mol. The van der Waals surface area contributed by atoms with Gasteiger partial charge in [-0.3, -0.25) is 0 Å². The maximum atomic E-state index is 6.09. The monoisotopic (exact) mass is 244 g/mol. The van der Waals surface area contributed by atoms with Gasteiger partial charge in [-0.15, -0.1) is 0 Å². The van der Waals surface area contributed by atoms with Crippen LogP contribution in [-0.2, 0) is 12.0 Å². The highest BCUT2D eigenvalue weighted by molar-refractivity contribution is 5.36. The van der Waals surface area contributed by atoms with E-state index in [1.54, 1.807) is 0 Å². The summed E-state index contributed by atoms with van der Waals surface area (Å²) >= 11 is 0. The molecule has 1 aliphatic rings. The summed E-state index contributed by atoms with van der Waals surface area (Å²) < 4.78 is 0. The number of nitrogens with one attached hydrogen (secondary N) is 1. The fourth-order valence-corrected chi connectivity index (χ4v) is 2.95. The van der Waals surface area contributed by atoms with Crippen molar-refractivity contribution >= 4 is 0 Å². The molecule has 3 N–H and O–H groups in total. The highest BCUT2D eigenvalue weighted by atomic mass is 15.0. The summed E-state index contributed by atoms with van der Waals surface area (Å²) in [5.74, 6) is 0. The van der Waals surface area contributed by atoms with E-state index in [2.05, 4.69) is 48.7 Å². The van der Waals surface area contributed by atoms with Crippen molar-refractivity contribution in [3.05, 3.63) is 47.5 Å². The second-order valence-corrected chi connectivity index (χ2v) is 5.08. The first-order chi connectivity index (χ1) is 8.82. The maximum Gasteiger partial charge on any atom is 0.0561 e. The molecule has 1 aromatic carbocycles. The second kappa shape index (κ2) is 6.17. The van der Waals surface area contributed by atoms with Gasteiger partial charge in [0.1, 0.15) is 0 Å². The third-order valence-electron chi connectivity index (χ3n) is 3.94. The van der Waals surface area contributed by atoms with Gasteiger partial charge in [0.15, 0.2) is 0 Å². The van der Waals surface area contributed by atoms with Crippen LogP contribution in [0, 0.1) is 0 Å². The number of fused-ring (bicyclic) bond motifs is 1. The van der Waals surface area contributed by atoms with Crippen molar-refractivity contribution < 1.29 is 0 Å². The molecule has 2 heteroatoms. The van der Waals surface area contributed by atoms with Gasteiger partial charge in [-0.25, -0.2) is 0 Å². The van der Waals surface area contributed by atoms with Crippen molar-refractivity contribution in [2.75, 3.05) is 13.1 Å². The Hall–Kier alpha value is -1.12. The standard InChI is InChI=1S/C16H24N2/c1-2-3-6-12-18-16(13-17)11-7-9-14-8-4-5-10-15(14)16/h2-5,8,10,18H,6-7,9,11-13,17H2,1H3/b3-2+. The van der Waals surface area contributed by atoms with Crippen LogP contribution < -0.4 is 11.1 Å². The van der Waals surface area contributed by atoms with E-state index >= 15 is 0 Å². The van der Waals surface area contributed by atoms with Gasteiger partial charge in [0.25, 0.3) is 0 Å². The van der Waals surface area contributed by atoms with E-state index < -0.39 is 0 Å². The quantitative estimate of drug-likeness (QED) is 0.617. The summed E-state index contributed by atoms with van der Waals surface area (Å²) in [5.41, 5.74) is 8.97. The second-order valence-electron chi connectivity index (χ2n) is 5.08. The molecule has 1 aliphatic carbocycles. The van der Waals surface area contributed by atoms with E-state index in [0.717, 1.165) is 19.4 Å². The number of rotatable bonds is 5. The first kappa shape index (κ1) is 13.3. The van der Waals surface area contributed by atoms with Crippen molar-refractivity contribution in [1.29, 1.82) is 0 Å². The minimum absolute atomic E-state index is 0.00355. The predicted molar refractivity (Wildman–Crippen MR) is 77.5 cm³/mol. The molecule has 0 aliphatic heterocycles. The summed E-state index contributed by atoms with van der Waals surface area (Å²) in [6.45, 7) is 3.74. The predicted octanol–water partition coefficient (Wildman–Crippen LogP) is 2.73. The molecule has 1 unspecified atom stereocenters. The highest BCUT2D eigenvalue weighted by Crippen LogP contribution is 2.34. The average Bonchev–Trinajstić information content (AvgIpc) is 2.44. The van der Waals surface area contributed by atoms with Gasteiger partial charge in [0.2, 0.25) is 0 Å². The molecule has 0 fully saturated rings. The zero-order chi connectivity index (χ0) is 12.8. The van der Waals surface area contributed by atoms with Crippen LogP contribution in [0.4, 0.5) is 0 Å². The molecule has 1 atom stereocenters. The van der Waals surface area contributed by atoms with Gasteiger partial charge in [-0.1, -0.05) is 36.4 Å². The van der Waals surface area contributed by atoms with Crippen LogP contribution in [0.5, 0.6) is 0 Å². The number of benzene rings is 1. The molecular formula is C16H24N2. The van der Waals surface area contributed by atoms with Crippen LogP contribution in [0.25, 0.3) is 0 Å². The molecule has 0 amide bonds. The van der Waals surface area contributed by atoms with Crippen LogP contribution in [0.2, 0.25) is 0 Å². The Kier molecular flexibility index (Phi) is 4.56. The van der Waals surface area contributed by atoms with Crippen LogP contribution >= 0.6 is 0 Å². The maximum absolute atomic E-state index is 6.09. The molecular weight excluding hydrogens is 220 g/mol. The molecule has 0 saturated heterocycles. The zero-order valence-electron chi connectivity index (χ0n) is 11.3. The lowest BCUT2D eigenvalue weighted by atomic mass is 9.76. The lowest BCUT2D eigenvalue weighted by Gasteiger charge is -2.39. The summed E-state index contributed by atoms with van der Waals surface area (Å²) in [6.07, 6.45) is 8.94. The minimum Gasteiger partial charge on any atom is -0.328 e. The first-order valence-electron chi connectivity index (χ1n) is 6.97. The number of nitrogens with two attached hydrogens (primary N) is 1. The van der Waals surface area contributed by atoms with Gasteiger partial charge in [-0.05, 0) is 50.3 Å². The van der Waals surface area contributed by atoms with Crippen molar-refractivity contribution in [2.24, 2.45) is 5.73 Å². The molecule has 2 nitrogen and oxygen atoms in total. The lowest BCUT2D eigenvalue weighted by molar-refractivity contribution is 0.295. The number of hydrogen-bond acceptors (Lipinski definition) is 2. The first-order valence-corrected chi connectivity index (χ1v) is 6.97. The molecule has 0 saturated carbocycles. The Balaban J connectivity index is 2.17. The SMILES string of the molecule is C/C=C/CCNC1(CN)CCCc2ccccc21. The van der Waals surface area contributed by atoms with Crippen LogP contribution in [0.15, 0.2) is 36.4 Å². The summed E-state index contributed by atoms with van der Waals surface area (Å²) in [7, 11) is 0. The lowest BCUT2D eigenvalue weighted by Crippen LogP contribution is -2.50. The molecule has 0 heterocycles. The van der Waals surface area contributed by atoms with Gasteiger partial charge >= 0.3 is 0 Å². The van der Waals surface area contributed by atoms with E-state index in [-0.39, 0.29) is 5.54 Å². The van der Waals surface area contributed by atoms with E-state index in [1.165, 1.54) is 24.0 Å². The van der Waals surface area contributed by atoms with Crippen LogP contribution in [0.1, 0.15) is 37.3 Å².